The molecule has 2 unspecified atom stereocenters. The standard InChI is InChI=1S/C16H24BrNO2/c1-11(8-13(3)19)10-18-16(20)7-5-14-4-6-15(17)12(2)9-14/h4,6,9,11,13,19H,5,7-8,10H2,1-3H3,(H,18,20). The van der Waals surface area contributed by atoms with Crippen molar-refractivity contribution >= 4 is 21.8 Å². The molecule has 1 aromatic rings. The zero-order valence-electron chi connectivity index (χ0n) is 12.4. The van der Waals surface area contributed by atoms with Crippen molar-refractivity contribution in [3.05, 3.63) is 33.8 Å². The molecule has 0 aliphatic heterocycles. The molecule has 0 aliphatic rings. The van der Waals surface area contributed by atoms with Gasteiger partial charge in [0.15, 0.2) is 0 Å². The van der Waals surface area contributed by atoms with Crippen molar-refractivity contribution in [2.45, 2.75) is 46.1 Å². The van der Waals surface area contributed by atoms with E-state index in [0.29, 0.717) is 25.3 Å². The number of hydrogen-bond acceptors (Lipinski definition) is 2. The molecule has 0 heterocycles. The van der Waals surface area contributed by atoms with Gasteiger partial charge in [-0.1, -0.05) is 35.0 Å². The number of aliphatic hydroxyl groups is 1. The third kappa shape index (κ3) is 6.53. The molecule has 0 aliphatic carbocycles. The number of carbonyl (C=O) groups excluding carboxylic acids is 1. The fraction of sp³-hybridized carbons (Fsp3) is 0.562. The van der Waals surface area contributed by atoms with Gasteiger partial charge in [-0.2, -0.15) is 0 Å². The zero-order valence-corrected chi connectivity index (χ0v) is 14.0. The summed E-state index contributed by atoms with van der Waals surface area (Å²) in [6, 6.07) is 6.17. The molecule has 0 spiro atoms. The Morgan fingerprint density at radius 3 is 2.70 bits per heavy atom. The van der Waals surface area contributed by atoms with Gasteiger partial charge in [-0.25, -0.2) is 0 Å². The lowest BCUT2D eigenvalue weighted by Gasteiger charge is -2.14. The molecule has 1 aromatic carbocycles. The molecular formula is C16H24BrNO2. The summed E-state index contributed by atoms with van der Waals surface area (Å²) in [4.78, 5) is 11.8. The number of rotatable bonds is 7. The van der Waals surface area contributed by atoms with Gasteiger partial charge in [0.2, 0.25) is 5.91 Å². The first kappa shape index (κ1) is 17.2. The van der Waals surface area contributed by atoms with Crippen LogP contribution in [0, 0.1) is 12.8 Å². The topological polar surface area (TPSA) is 49.3 Å². The van der Waals surface area contributed by atoms with Crippen molar-refractivity contribution in [2.75, 3.05) is 6.54 Å². The Morgan fingerprint density at radius 2 is 2.10 bits per heavy atom. The van der Waals surface area contributed by atoms with Gasteiger partial charge in [-0.15, -0.1) is 0 Å². The highest BCUT2D eigenvalue weighted by Crippen LogP contribution is 2.17. The molecule has 0 radical (unpaired) electrons. The summed E-state index contributed by atoms with van der Waals surface area (Å²) in [6.07, 6.45) is 1.66. The van der Waals surface area contributed by atoms with Gasteiger partial charge >= 0.3 is 0 Å². The highest BCUT2D eigenvalue weighted by Gasteiger charge is 2.08. The second kappa shape index (κ2) is 8.42. The van der Waals surface area contributed by atoms with E-state index >= 15 is 0 Å². The van der Waals surface area contributed by atoms with Crippen molar-refractivity contribution in [3.8, 4) is 0 Å². The summed E-state index contributed by atoms with van der Waals surface area (Å²) in [6.45, 7) is 6.48. The molecule has 4 heteroatoms. The summed E-state index contributed by atoms with van der Waals surface area (Å²) in [5.41, 5.74) is 2.37. The van der Waals surface area contributed by atoms with Crippen molar-refractivity contribution < 1.29 is 9.90 Å². The number of aryl methyl sites for hydroxylation is 2. The Kier molecular flexibility index (Phi) is 7.24. The van der Waals surface area contributed by atoms with Crippen LogP contribution < -0.4 is 5.32 Å². The predicted molar refractivity (Wildman–Crippen MR) is 85.7 cm³/mol. The van der Waals surface area contributed by atoms with Crippen molar-refractivity contribution in [2.24, 2.45) is 5.92 Å². The minimum absolute atomic E-state index is 0.0722. The molecule has 0 bridgehead atoms. The Balaban J connectivity index is 2.31. The van der Waals surface area contributed by atoms with E-state index in [4.69, 9.17) is 0 Å². The van der Waals surface area contributed by atoms with Crippen molar-refractivity contribution in [3.63, 3.8) is 0 Å². The molecule has 1 rings (SSSR count). The van der Waals surface area contributed by atoms with E-state index in [1.54, 1.807) is 6.92 Å². The maximum Gasteiger partial charge on any atom is 0.220 e. The molecule has 0 saturated heterocycles. The van der Waals surface area contributed by atoms with Crippen molar-refractivity contribution in [1.29, 1.82) is 0 Å². The van der Waals surface area contributed by atoms with Crippen LogP contribution in [-0.4, -0.2) is 23.7 Å². The molecule has 1 amide bonds. The lowest BCUT2D eigenvalue weighted by atomic mass is 10.0. The van der Waals surface area contributed by atoms with Crippen LogP contribution in [0.5, 0.6) is 0 Å². The Morgan fingerprint density at radius 1 is 1.40 bits per heavy atom. The smallest absolute Gasteiger partial charge is 0.220 e. The van der Waals surface area contributed by atoms with E-state index in [1.807, 2.05) is 26.0 Å². The molecule has 0 fully saturated rings. The van der Waals surface area contributed by atoms with Gasteiger partial charge in [0.05, 0.1) is 6.10 Å². The Labute approximate surface area is 129 Å². The van der Waals surface area contributed by atoms with Crippen LogP contribution in [0.25, 0.3) is 0 Å². The summed E-state index contributed by atoms with van der Waals surface area (Å²) in [7, 11) is 0. The van der Waals surface area contributed by atoms with E-state index in [-0.39, 0.29) is 12.0 Å². The fourth-order valence-corrected chi connectivity index (χ4v) is 2.41. The first-order valence-corrected chi connectivity index (χ1v) is 7.87. The van der Waals surface area contributed by atoms with Crippen LogP contribution >= 0.6 is 15.9 Å². The molecule has 2 atom stereocenters. The summed E-state index contributed by atoms with van der Waals surface area (Å²) < 4.78 is 1.10. The SMILES string of the molecule is Cc1cc(CCC(=O)NCC(C)CC(C)O)ccc1Br. The fourth-order valence-electron chi connectivity index (χ4n) is 2.16. The van der Waals surface area contributed by atoms with Gasteiger partial charge in [-0.05, 0) is 49.8 Å². The van der Waals surface area contributed by atoms with E-state index in [0.717, 1.165) is 10.9 Å². The van der Waals surface area contributed by atoms with Gasteiger partial charge in [0.25, 0.3) is 0 Å². The normalized spacial score (nSPS) is 13.8. The number of hydrogen-bond donors (Lipinski definition) is 2. The van der Waals surface area contributed by atoms with E-state index in [1.165, 1.54) is 11.1 Å². The van der Waals surface area contributed by atoms with E-state index < -0.39 is 0 Å². The van der Waals surface area contributed by atoms with Crippen LogP contribution in [0.4, 0.5) is 0 Å². The van der Waals surface area contributed by atoms with Gasteiger partial charge < -0.3 is 10.4 Å². The number of carbonyl (C=O) groups is 1. The summed E-state index contributed by atoms with van der Waals surface area (Å²) in [5.74, 6) is 0.372. The Bertz CT molecular complexity index is 446. The minimum atomic E-state index is -0.312. The third-order valence-corrected chi connectivity index (χ3v) is 4.14. The molecule has 3 nitrogen and oxygen atoms in total. The first-order valence-electron chi connectivity index (χ1n) is 7.08. The monoisotopic (exact) mass is 341 g/mol. The molecular weight excluding hydrogens is 318 g/mol. The predicted octanol–water partition coefficient (Wildman–Crippen LogP) is 3.21. The van der Waals surface area contributed by atoms with E-state index in [9.17, 15) is 9.90 Å². The molecule has 2 N–H and O–H groups in total. The Hall–Kier alpha value is -0.870. The lowest BCUT2D eigenvalue weighted by Crippen LogP contribution is -2.29. The number of aliphatic hydroxyl groups excluding tert-OH is 1. The minimum Gasteiger partial charge on any atom is -0.393 e. The maximum absolute atomic E-state index is 11.8. The van der Waals surface area contributed by atoms with Crippen molar-refractivity contribution in [1.82, 2.24) is 5.32 Å². The van der Waals surface area contributed by atoms with Crippen LogP contribution in [0.15, 0.2) is 22.7 Å². The second-order valence-electron chi connectivity index (χ2n) is 5.58. The van der Waals surface area contributed by atoms with Crippen LogP contribution in [0.2, 0.25) is 0 Å². The first-order chi connectivity index (χ1) is 9.38. The number of nitrogens with one attached hydrogen (secondary N) is 1. The summed E-state index contributed by atoms with van der Waals surface area (Å²) >= 11 is 3.47. The quantitative estimate of drug-likeness (QED) is 0.799. The molecule has 20 heavy (non-hydrogen) atoms. The van der Waals surface area contributed by atoms with Crippen LogP contribution in [0.3, 0.4) is 0 Å². The van der Waals surface area contributed by atoms with Crippen LogP contribution in [0.1, 0.15) is 37.8 Å². The summed E-state index contributed by atoms with van der Waals surface area (Å²) in [5, 5.41) is 12.2. The number of amides is 1. The van der Waals surface area contributed by atoms with Gasteiger partial charge in [0.1, 0.15) is 0 Å². The van der Waals surface area contributed by atoms with E-state index in [2.05, 4.69) is 27.3 Å². The molecule has 0 saturated carbocycles. The number of halogens is 1. The highest BCUT2D eigenvalue weighted by molar-refractivity contribution is 9.10. The van der Waals surface area contributed by atoms with Gasteiger partial charge in [-0.3, -0.25) is 4.79 Å². The maximum atomic E-state index is 11.8. The van der Waals surface area contributed by atoms with Gasteiger partial charge in [0, 0.05) is 17.4 Å². The average molecular weight is 342 g/mol. The molecule has 0 aromatic heterocycles. The lowest BCUT2D eigenvalue weighted by molar-refractivity contribution is -0.121. The zero-order chi connectivity index (χ0) is 15.1. The largest absolute Gasteiger partial charge is 0.393 e. The molecule has 112 valence electrons. The third-order valence-electron chi connectivity index (χ3n) is 3.25. The average Bonchev–Trinajstić information content (AvgIpc) is 2.37. The second-order valence-corrected chi connectivity index (χ2v) is 6.43. The number of benzene rings is 1. The highest BCUT2D eigenvalue weighted by atomic mass is 79.9. The van der Waals surface area contributed by atoms with Crippen LogP contribution in [-0.2, 0) is 11.2 Å².